The maximum Gasteiger partial charge on any atom is 0.226 e. The van der Waals surface area contributed by atoms with Crippen LogP contribution in [0, 0.1) is 5.92 Å². The molecule has 1 aliphatic rings. The summed E-state index contributed by atoms with van der Waals surface area (Å²) in [6.07, 6.45) is 6.92. The molecule has 1 amide bonds. The van der Waals surface area contributed by atoms with Crippen molar-refractivity contribution in [3.8, 4) is 0 Å². The lowest BCUT2D eigenvalue weighted by Crippen LogP contribution is -2.18. The number of para-hydroxylation sites is 2. The van der Waals surface area contributed by atoms with Gasteiger partial charge in [-0.05, 0) is 30.9 Å². The first kappa shape index (κ1) is 14.9. The lowest BCUT2D eigenvalue weighted by molar-refractivity contribution is -0.117. The first-order valence-corrected chi connectivity index (χ1v) is 7.48. The number of nitrogens with two attached hydrogens (primary N) is 1. The zero-order valence-electron chi connectivity index (χ0n) is 11.9. The lowest BCUT2D eigenvalue weighted by atomic mass is 9.90. The van der Waals surface area contributed by atoms with Crippen LogP contribution in [0.5, 0.6) is 0 Å². The van der Waals surface area contributed by atoms with Crippen molar-refractivity contribution < 1.29 is 9.53 Å². The van der Waals surface area contributed by atoms with Gasteiger partial charge in [-0.3, -0.25) is 4.79 Å². The summed E-state index contributed by atoms with van der Waals surface area (Å²) in [5.74, 6) is 0.642. The van der Waals surface area contributed by atoms with E-state index in [4.69, 9.17) is 10.5 Å². The molecule has 0 radical (unpaired) electrons. The van der Waals surface area contributed by atoms with Gasteiger partial charge >= 0.3 is 0 Å². The predicted octanol–water partition coefficient (Wildman–Crippen LogP) is 3.19. The number of carbonyl (C=O) groups is 1. The van der Waals surface area contributed by atoms with E-state index in [2.05, 4.69) is 5.32 Å². The van der Waals surface area contributed by atoms with Crippen LogP contribution in [0.25, 0.3) is 0 Å². The molecule has 4 nitrogen and oxygen atoms in total. The first-order chi connectivity index (χ1) is 9.75. The highest BCUT2D eigenvalue weighted by Gasteiger charge is 2.13. The zero-order valence-corrected chi connectivity index (χ0v) is 11.9. The molecule has 110 valence electrons. The molecule has 3 N–H and O–H groups in total. The smallest absolute Gasteiger partial charge is 0.226 e. The minimum atomic E-state index is -0.0495. The third kappa shape index (κ3) is 4.85. The molecule has 1 saturated carbocycles. The van der Waals surface area contributed by atoms with Crippen LogP contribution in [0.2, 0.25) is 0 Å². The average molecular weight is 276 g/mol. The SMILES string of the molecule is Nc1ccccc1NC(=O)CCOCC1CCCCC1. The average Bonchev–Trinajstić information content (AvgIpc) is 2.47. The van der Waals surface area contributed by atoms with E-state index < -0.39 is 0 Å². The monoisotopic (exact) mass is 276 g/mol. The molecule has 4 heteroatoms. The number of nitrogen functional groups attached to an aromatic ring is 1. The van der Waals surface area contributed by atoms with Gasteiger partial charge in [0.2, 0.25) is 5.91 Å². The first-order valence-electron chi connectivity index (χ1n) is 7.48. The lowest BCUT2D eigenvalue weighted by Gasteiger charge is -2.21. The molecule has 20 heavy (non-hydrogen) atoms. The summed E-state index contributed by atoms with van der Waals surface area (Å²) in [6.45, 7) is 1.27. The van der Waals surface area contributed by atoms with Gasteiger partial charge in [-0.2, -0.15) is 0 Å². The molecule has 0 atom stereocenters. The van der Waals surface area contributed by atoms with Crippen molar-refractivity contribution in [2.24, 2.45) is 5.92 Å². The normalized spacial score (nSPS) is 16.0. The molecule has 0 unspecified atom stereocenters. The number of ether oxygens (including phenoxy) is 1. The van der Waals surface area contributed by atoms with Crippen LogP contribution in [0.4, 0.5) is 11.4 Å². The standard InChI is InChI=1S/C16H24N2O2/c17-14-8-4-5-9-15(14)18-16(19)10-11-20-12-13-6-2-1-3-7-13/h4-5,8-9,13H,1-3,6-7,10-12,17H2,(H,18,19). The Balaban J connectivity index is 1.61. The number of hydrogen-bond donors (Lipinski definition) is 2. The number of carbonyl (C=O) groups excluding carboxylic acids is 1. The number of benzene rings is 1. The van der Waals surface area contributed by atoms with E-state index in [-0.39, 0.29) is 5.91 Å². The molecule has 0 aliphatic heterocycles. The van der Waals surface area contributed by atoms with E-state index in [0.29, 0.717) is 30.3 Å². The molecule has 0 aromatic heterocycles. The Bertz CT molecular complexity index is 428. The fraction of sp³-hybridized carbons (Fsp3) is 0.562. The maximum atomic E-state index is 11.8. The topological polar surface area (TPSA) is 64.3 Å². The predicted molar refractivity (Wildman–Crippen MR) is 81.5 cm³/mol. The highest BCUT2D eigenvalue weighted by Crippen LogP contribution is 2.23. The van der Waals surface area contributed by atoms with Gasteiger partial charge in [0.05, 0.1) is 24.4 Å². The Morgan fingerprint density at radius 1 is 1.25 bits per heavy atom. The van der Waals surface area contributed by atoms with E-state index in [1.54, 1.807) is 12.1 Å². The summed E-state index contributed by atoms with van der Waals surface area (Å²) in [7, 11) is 0. The van der Waals surface area contributed by atoms with Crippen LogP contribution in [-0.2, 0) is 9.53 Å². The fourth-order valence-corrected chi connectivity index (χ4v) is 2.59. The van der Waals surface area contributed by atoms with Gasteiger partial charge in [0.1, 0.15) is 0 Å². The van der Waals surface area contributed by atoms with Crippen molar-refractivity contribution in [1.82, 2.24) is 0 Å². The zero-order chi connectivity index (χ0) is 14.2. The van der Waals surface area contributed by atoms with Gasteiger partial charge < -0.3 is 15.8 Å². The minimum Gasteiger partial charge on any atom is -0.397 e. The molecule has 1 aromatic rings. The van der Waals surface area contributed by atoms with Crippen LogP contribution in [0.1, 0.15) is 38.5 Å². The van der Waals surface area contributed by atoms with Crippen LogP contribution in [0.3, 0.4) is 0 Å². The van der Waals surface area contributed by atoms with Crippen molar-refractivity contribution in [3.63, 3.8) is 0 Å². The minimum absolute atomic E-state index is 0.0495. The van der Waals surface area contributed by atoms with Crippen molar-refractivity contribution in [3.05, 3.63) is 24.3 Å². The molecule has 1 aliphatic carbocycles. The molecular formula is C16H24N2O2. The fourth-order valence-electron chi connectivity index (χ4n) is 2.59. The number of nitrogens with one attached hydrogen (secondary N) is 1. The summed E-state index contributed by atoms with van der Waals surface area (Å²) < 4.78 is 5.62. The molecule has 2 rings (SSSR count). The van der Waals surface area contributed by atoms with E-state index in [1.165, 1.54) is 32.1 Å². The third-order valence-electron chi connectivity index (χ3n) is 3.79. The third-order valence-corrected chi connectivity index (χ3v) is 3.79. The molecule has 0 bridgehead atoms. The number of amides is 1. The van der Waals surface area contributed by atoms with E-state index in [0.717, 1.165) is 6.61 Å². The highest BCUT2D eigenvalue weighted by molar-refractivity contribution is 5.93. The second-order valence-corrected chi connectivity index (χ2v) is 5.46. The Labute approximate surface area is 120 Å². The van der Waals surface area contributed by atoms with Gasteiger partial charge in [0.15, 0.2) is 0 Å². The van der Waals surface area contributed by atoms with Crippen molar-refractivity contribution >= 4 is 17.3 Å². The Morgan fingerprint density at radius 3 is 2.75 bits per heavy atom. The van der Waals surface area contributed by atoms with Crippen LogP contribution < -0.4 is 11.1 Å². The van der Waals surface area contributed by atoms with Gasteiger partial charge in [-0.15, -0.1) is 0 Å². The summed E-state index contributed by atoms with van der Waals surface area (Å²) in [5.41, 5.74) is 7.03. The molecule has 1 aromatic carbocycles. The Hall–Kier alpha value is -1.55. The number of anilines is 2. The quantitative estimate of drug-likeness (QED) is 0.619. The van der Waals surface area contributed by atoms with Crippen molar-refractivity contribution in [2.45, 2.75) is 38.5 Å². The van der Waals surface area contributed by atoms with Gasteiger partial charge in [-0.25, -0.2) is 0 Å². The van der Waals surface area contributed by atoms with E-state index in [1.807, 2.05) is 12.1 Å². The number of rotatable bonds is 6. The van der Waals surface area contributed by atoms with Gasteiger partial charge in [0.25, 0.3) is 0 Å². The van der Waals surface area contributed by atoms with E-state index in [9.17, 15) is 4.79 Å². The Kier molecular flexibility index (Phi) is 5.87. The van der Waals surface area contributed by atoms with Crippen LogP contribution in [-0.4, -0.2) is 19.1 Å². The van der Waals surface area contributed by atoms with Crippen molar-refractivity contribution in [1.29, 1.82) is 0 Å². The molecule has 0 spiro atoms. The Morgan fingerprint density at radius 2 is 2.00 bits per heavy atom. The van der Waals surface area contributed by atoms with Gasteiger partial charge in [-0.1, -0.05) is 31.4 Å². The summed E-state index contributed by atoms with van der Waals surface area (Å²) in [4.78, 5) is 11.8. The molecular weight excluding hydrogens is 252 g/mol. The van der Waals surface area contributed by atoms with E-state index >= 15 is 0 Å². The highest BCUT2D eigenvalue weighted by atomic mass is 16.5. The summed E-state index contributed by atoms with van der Waals surface area (Å²) >= 11 is 0. The van der Waals surface area contributed by atoms with Crippen molar-refractivity contribution in [2.75, 3.05) is 24.3 Å². The molecule has 0 heterocycles. The second kappa shape index (κ2) is 7.90. The maximum absolute atomic E-state index is 11.8. The second-order valence-electron chi connectivity index (χ2n) is 5.46. The van der Waals surface area contributed by atoms with Gasteiger partial charge in [0, 0.05) is 6.61 Å². The van der Waals surface area contributed by atoms with Crippen LogP contribution >= 0.6 is 0 Å². The molecule has 0 saturated heterocycles. The van der Waals surface area contributed by atoms with Crippen LogP contribution in [0.15, 0.2) is 24.3 Å². The molecule has 1 fully saturated rings. The summed E-state index contributed by atoms with van der Waals surface area (Å²) in [6, 6.07) is 7.27. The largest absolute Gasteiger partial charge is 0.397 e. The number of hydrogen-bond acceptors (Lipinski definition) is 3. The summed E-state index contributed by atoms with van der Waals surface area (Å²) in [5, 5.41) is 2.80.